The largest absolute Gasteiger partial charge is 0.489 e. The number of Topliss-reactive ketones (excluding diaryl/α,β-unsaturated/α-hetero) is 1. The Morgan fingerprint density at radius 2 is 1.60 bits per heavy atom. The fourth-order valence-electron chi connectivity index (χ4n) is 1.64. The summed E-state index contributed by atoms with van der Waals surface area (Å²) in [5.41, 5.74) is 1.12. The molecule has 0 aromatic heterocycles. The summed E-state index contributed by atoms with van der Waals surface area (Å²) in [6.45, 7) is 3.79. The number of hydrogen-bond acceptors (Lipinski definition) is 3. The molecule has 0 unspecified atom stereocenters. The van der Waals surface area contributed by atoms with Crippen LogP contribution in [0.4, 0.5) is 0 Å². The molecule has 0 aliphatic heterocycles. The maximum atomic E-state index is 11.1. The molecule has 0 saturated carbocycles. The molecule has 2 aromatic rings. The van der Waals surface area contributed by atoms with Crippen LogP contribution in [0.5, 0.6) is 11.5 Å². The second-order valence-corrected chi connectivity index (χ2v) is 4.62. The molecule has 0 radical (unpaired) electrons. The average molecular weight is 270 g/mol. The number of benzene rings is 2. The number of ether oxygens (including phenoxy) is 2. The number of hydrogen-bond donors (Lipinski definition) is 0. The van der Waals surface area contributed by atoms with Gasteiger partial charge in [-0.15, -0.1) is 0 Å². The lowest BCUT2D eigenvalue weighted by Gasteiger charge is -2.12. The summed E-state index contributed by atoms with van der Waals surface area (Å²) in [4.78, 5) is 11.1. The average Bonchev–Trinajstić information content (AvgIpc) is 2.47. The summed E-state index contributed by atoms with van der Waals surface area (Å²) in [5.74, 6) is 1.45. The second kappa shape index (κ2) is 6.75. The molecule has 3 nitrogen and oxygen atoms in total. The van der Waals surface area contributed by atoms with Crippen LogP contribution in [0, 0.1) is 0 Å². The van der Waals surface area contributed by atoms with E-state index in [4.69, 9.17) is 9.47 Å². The monoisotopic (exact) mass is 270 g/mol. The summed E-state index contributed by atoms with van der Waals surface area (Å²) >= 11 is 0. The first-order valence-electron chi connectivity index (χ1n) is 6.59. The Labute approximate surface area is 119 Å². The standard InChI is InChI=1S/C17H18O3/c1-13(18)14(2)20-17-10-8-16(9-11-17)19-12-15-6-4-3-5-7-15/h3-11,14H,12H2,1-2H3/t14-/m1/s1. The van der Waals surface area contributed by atoms with Crippen molar-refractivity contribution in [1.29, 1.82) is 0 Å². The second-order valence-electron chi connectivity index (χ2n) is 4.62. The van der Waals surface area contributed by atoms with Crippen molar-refractivity contribution in [3.63, 3.8) is 0 Å². The molecule has 0 fully saturated rings. The number of carbonyl (C=O) groups excluding carboxylic acids is 1. The van der Waals surface area contributed by atoms with Crippen LogP contribution in [0.25, 0.3) is 0 Å². The van der Waals surface area contributed by atoms with Gasteiger partial charge in [-0.1, -0.05) is 30.3 Å². The van der Waals surface area contributed by atoms with E-state index >= 15 is 0 Å². The van der Waals surface area contributed by atoms with E-state index in [1.165, 1.54) is 6.92 Å². The van der Waals surface area contributed by atoms with Crippen molar-refractivity contribution >= 4 is 5.78 Å². The van der Waals surface area contributed by atoms with Crippen LogP contribution in [-0.2, 0) is 11.4 Å². The molecule has 0 aliphatic carbocycles. The molecule has 0 spiro atoms. The first kappa shape index (κ1) is 14.1. The van der Waals surface area contributed by atoms with E-state index in [2.05, 4.69) is 0 Å². The van der Waals surface area contributed by atoms with E-state index in [1.54, 1.807) is 19.1 Å². The van der Waals surface area contributed by atoms with Crippen molar-refractivity contribution in [2.24, 2.45) is 0 Å². The van der Waals surface area contributed by atoms with Crippen molar-refractivity contribution in [1.82, 2.24) is 0 Å². The maximum absolute atomic E-state index is 11.1. The Morgan fingerprint density at radius 1 is 1.00 bits per heavy atom. The molecule has 3 heteroatoms. The molecular formula is C17H18O3. The van der Waals surface area contributed by atoms with Crippen molar-refractivity contribution < 1.29 is 14.3 Å². The molecule has 0 saturated heterocycles. The Balaban J connectivity index is 1.90. The van der Waals surface area contributed by atoms with Gasteiger partial charge in [-0.25, -0.2) is 0 Å². The van der Waals surface area contributed by atoms with Crippen LogP contribution in [0.3, 0.4) is 0 Å². The molecule has 104 valence electrons. The quantitative estimate of drug-likeness (QED) is 0.804. The number of ketones is 1. The van der Waals surface area contributed by atoms with Crippen LogP contribution < -0.4 is 9.47 Å². The van der Waals surface area contributed by atoms with Gasteiger partial charge in [-0.3, -0.25) is 4.79 Å². The van der Waals surface area contributed by atoms with Gasteiger partial charge in [0.15, 0.2) is 11.9 Å². The van der Waals surface area contributed by atoms with E-state index in [9.17, 15) is 4.79 Å². The lowest BCUT2D eigenvalue weighted by atomic mass is 10.2. The van der Waals surface area contributed by atoms with Gasteiger partial charge in [0.05, 0.1) is 0 Å². The Kier molecular flexibility index (Phi) is 4.77. The van der Waals surface area contributed by atoms with Crippen LogP contribution in [0.2, 0.25) is 0 Å². The van der Waals surface area contributed by atoms with Crippen molar-refractivity contribution in [3.8, 4) is 11.5 Å². The summed E-state index contributed by atoms with van der Waals surface area (Å²) in [5, 5.41) is 0. The molecule has 0 bridgehead atoms. The zero-order valence-corrected chi connectivity index (χ0v) is 11.7. The highest BCUT2D eigenvalue weighted by molar-refractivity contribution is 5.80. The van der Waals surface area contributed by atoms with E-state index in [-0.39, 0.29) is 5.78 Å². The third-order valence-electron chi connectivity index (χ3n) is 2.96. The minimum atomic E-state index is -0.425. The Morgan fingerprint density at radius 3 is 2.20 bits per heavy atom. The van der Waals surface area contributed by atoms with Gasteiger partial charge in [-0.2, -0.15) is 0 Å². The van der Waals surface area contributed by atoms with Crippen molar-refractivity contribution in [2.45, 2.75) is 26.6 Å². The molecule has 0 aliphatic rings. The van der Waals surface area contributed by atoms with Crippen molar-refractivity contribution in [2.75, 3.05) is 0 Å². The molecule has 0 heterocycles. The molecule has 20 heavy (non-hydrogen) atoms. The lowest BCUT2D eigenvalue weighted by molar-refractivity contribution is -0.122. The predicted octanol–water partition coefficient (Wildman–Crippen LogP) is 3.62. The van der Waals surface area contributed by atoms with E-state index < -0.39 is 6.10 Å². The van der Waals surface area contributed by atoms with Crippen LogP contribution in [0.1, 0.15) is 19.4 Å². The zero-order valence-electron chi connectivity index (χ0n) is 11.7. The highest BCUT2D eigenvalue weighted by Gasteiger charge is 2.08. The van der Waals surface area contributed by atoms with Crippen LogP contribution in [-0.4, -0.2) is 11.9 Å². The maximum Gasteiger partial charge on any atom is 0.169 e. The van der Waals surface area contributed by atoms with Crippen LogP contribution in [0.15, 0.2) is 54.6 Å². The van der Waals surface area contributed by atoms with Gasteiger partial charge in [-0.05, 0) is 43.7 Å². The zero-order chi connectivity index (χ0) is 14.4. The minimum Gasteiger partial charge on any atom is -0.489 e. The van der Waals surface area contributed by atoms with Crippen molar-refractivity contribution in [3.05, 3.63) is 60.2 Å². The van der Waals surface area contributed by atoms with Gasteiger partial charge < -0.3 is 9.47 Å². The minimum absolute atomic E-state index is 0.00871. The molecule has 0 amide bonds. The first-order chi connectivity index (χ1) is 9.65. The summed E-state index contributed by atoms with van der Waals surface area (Å²) in [7, 11) is 0. The van der Waals surface area contributed by atoms with Gasteiger partial charge in [0.1, 0.15) is 18.1 Å². The highest BCUT2D eigenvalue weighted by Crippen LogP contribution is 2.19. The molecule has 2 aromatic carbocycles. The third kappa shape index (κ3) is 4.12. The number of rotatable bonds is 6. The highest BCUT2D eigenvalue weighted by atomic mass is 16.5. The van der Waals surface area contributed by atoms with E-state index in [0.717, 1.165) is 11.3 Å². The Hall–Kier alpha value is -2.29. The van der Waals surface area contributed by atoms with E-state index in [0.29, 0.717) is 12.4 Å². The fourth-order valence-corrected chi connectivity index (χ4v) is 1.64. The molecular weight excluding hydrogens is 252 g/mol. The normalized spacial score (nSPS) is 11.7. The van der Waals surface area contributed by atoms with Gasteiger partial charge in [0, 0.05) is 0 Å². The molecule has 1 atom stereocenters. The topological polar surface area (TPSA) is 35.5 Å². The smallest absolute Gasteiger partial charge is 0.169 e. The lowest BCUT2D eigenvalue weighted by Crippen LogP contribution is -2.20. The fraction of sp³-hybridized carbons (Fsp3) is 0.235. The summed E-state index contributed by atoms with van der Waals surface area (Å²) in [6.07, 6.45) is -0.425. The summed E-state index contributed by atoms with van der Waals surface area (Å²) < 4.78 is 11.2. The molecule has 0 N–H and O–H groups in total. The van der Waals surface area contributed by atoms with Gasteiger partial charge in [0.2, 0.25) is 0 Å². The van der Waals surface area contributed by atoms with E-state index in [1.807, 2.05) is 42.5 Å². The van der Waals surface area contributed by atoms with Gasteiger partial charge in [0.25, 0.3) is 0 Å². The molecule has 2 rings (SSSR count). The summed E-state index contributed by atoms with van der Waals surface area (Å²) in [6, 6.07) is 17.3. The predicted molar refractivity (Wildman–Crippen MR) is 78.0 cm³/mol. The number of carbonyl (C=O) groups is 1. The SMILES string of the molecule is CC(=O)[C@@H](C)Oc1ccc(OCc2ccccc2)cc1. The third-order valence-corrected chi connectivity index (χ3v) is 2.96. The first-order valence-corrected chi connectivity index (χ1v) is 6.59. The Bertz CT molecular complexity index is 546. The van der Waals surface area contributed by atoms with Gasteiger partial charge >= 0.3 is 0 Å². The van der Waals surface area contributed by atoms with Crippen LogP contribution >= 0.6 is 0 Å².